The number of rotatable bonds is 6. The number of benzene rings is 2. The van der Waals surface area contributed by atoms with Crippen LogP contribution in [-0.2, 0) is 4.79 Å². The van der Waals surface area contributed by atoms with E-state index in [9.17, 15) is 19.1 Å². The van der Waals surface area contributed by atoms with Gasteiger partial charge in [-0.2, -0.15) is 0 Å². The highest BCUT2D eigenvalue weighted by atomic mass is 19.1. The van der Waals surface area contributed by atoms with Gasteiger partial charge in [0.25, 0.3) is 5.91 Å². The highest BCUT2D eigenvalue weighted by Crippen LogP contribution is 2.25. The average Bonchev–Trinajstić information content (AvgIpc) is 2.85. The number of ether oxygens (including phenoxy) is 1. The van der Waals surface area contributed by atoms with E-state index < -0.39 is 18.2 Å². The summed E-state index contributed by atoms with van der Waals surface area (Å²) in [6, 6.07) is 13.1. The number of nitrogens with zero attached hydrogens (tertiary/aromatic N) is 2. The van der Waals surface area contributed by atoms with Crippen LogP contribution in [0.25, 0.3) is 0 Å². The predicted molar refractivity (Wildman–Crippen MR) is 93.4 cm³/mol. The molecule has 0 aliphatic carbocycles. The molecule has 26 heavy (non-hydrogen) atoms. The number of imide groups is 1. The van der Waals surface area contributed by atoms with Crippen LogP contribution in [0, 0.1) is 5.82 Å². The molecule has 2 atom stereocenters. The molecule has 1 saturated heterocycles. The molecule has 0 saturated carbocycles. The number of urea groups is 1. The number of hydrogen-bond acceptors (Lipinski definition) is 4. The van der Waals surface area contributed by atoms with Crippen molar-refractivity contribution >= 4 is 17.6 Å². The van der Waals surface area contributed by atoms with E-state index in [-0.39, 0.29) is 24.9 Å². The predicted octanol–water partition coefficient (Wildman–Crippen LogP) is 2.42. The van der Waals surface area contributed by atoms with Crippen molar-refractivity contribution in [3.8, 4) is 5.75 Å². The molecule has 1 fully saturated rings. The van der Waals surface area contributed by atoms with Gasteiger partial charge in [-0.25, -0.2) is 9.18 Å². The van der Waals surface area contributed by atoms with Crippen molar-refractivity contribution in [2.45, 2.75) is 19.1 Å². The van der Waals surface area contributed by atoms with E-state index in [0.29, 0.717) is 11.4 Å². The minimum atomic E-state index is -1.06. The third-order valence-corrected chi connectivity index (χ3v) is 4.13. The van der Waals surface area contributed by atoms with Crippen LogP contribution in [0.4, 0.5) is 14.9 Å². The van der Waals surface area contributed by atoms with Crippen molar-refractivity contribution in [3.05, 3.63) is 60.4 Å². The number of amides is 3. The largest absolute Gasteiger partial charge is 0.491 e. The monoisotopic (exact) mass is 358 g/mol. The molecular weight excluding hydrogens is 339 g/mol. The first kappa shape index (κ1) is 17.9. The molecule has 0 radical (unpaired) electrons. The Morgan fingerprint density at radius 2 is 1.77 bits per heavy atom. The van der Waals surface area contributed by atoms with Gasteiger partial charge in [0.05, 0.1) is 6.54 Å². The quantitative estimate of drug-likeness (QED) is 0.805. The molecular formula is C19H19FN2O4. The van der Waals surface area contributed by atoms with Crippen LogP contribution < -0.4 is 9.64 Å². The van der Waals surface area contributed by atoms with Gasteiger partial charge in [0.2, 0.25) is 0 Å². The van der Waals surface area contributed by atoms with Crippen LogP contribution in [0.1, 0.15) is 6.92 Å². The van der Waals surface area contributed by atoms with Crippen molar-refractivity contribution in [1.82, 2.24) is 4.90 Å². The maximum atomic E-state index is 12.9. The van der Waals surface area contributed by atoms with E-state index in [2.05, 4.69) is 0 Å². The fourth-order valence-corrected chi connectivity index (χ4v) is 2.80. The molecule has 1 aliphatic heterocycles. The maximum Gasteiger partial charge on any atom is 0.332 e. The van der Waals surface area contributed by atoms with E-state index >= 15 is 0 Å². The summed E-state index contributed by atoms with van der Waals surface area (Å²) in [5.74, 6) is -0.371. The first-order chi connectivity index (χ1) is 12.5. The van der Waals surface area contributed by atoms with E-state index in [4.69, 9.17) is 4.74 Å². The Morgan fingerprint density at radius 1 is 1.12 bits per heavy atom. The fraction of sp³-hybridized carbons (Fsp3) is 0.263. The Kier molecular flexibility index (Phi) is 5.18. The summed E-state index contributed by atoms with van der Waals surface area (Å²) in [5.41, 5.74) is 0.623. The molecule has 2 aromatic rings. The van der Waals surface area contributed by atoms with Gasteiger partial charge in [-0.1, -0.05) is 18.2 Å². The van der Waals surface area contributed by atoms with Crippen molar-refractivity contribution in [2.75, 3.05) is 18.1 Å². The standard InChI is InChI=1S/C19H19FN2O4/c1-13-18(24)21(19(25)22(13)15-5-3-2-4-6-15)11-16(23)12-26-17-9-7-14(20)8-10-17/h2-10,13,16,23H,11-12H2,1H3. The van der Waals surface area contributed by atoms with Crippen LogP contribution >= 0.6 is 0 Å². The lowest BCUT2D eigenvalue weighted by molar-refractivity contribution is -0.128. The molecule has 6 nitrogen and oxygen atoms in total. The summed E-state index contributed by atoms with van der Waals surface area (Å²) in [4.78, 5) is 27.5. The number of hydrogen-bond donors (Lipinski definition) is 1. The van der Waals surface area contributed by atoms with Crippen molar-refractivity contribution in [1.29, 1.82) is 0 Å². The van der Waals surface area contributed by atoms with Crippen LogP contribution in [0.5, 0.6) is 5.75 Å². The number of aliphatic hydroxyl groups is 1. The van der Waals surface area contributed by atoms with Gasteiger partial charge in [0.15, 0.2) is 0 Å². The zero-order chi connectivity index (χ0) is 18.7. The molecule has 1 N–H and O–H groups in total. The van der Waals surface area contributed by atoms with Crippen LogP contribution in [-0.4, -0.2) is 47.2 Å². The van der Waals surface area contributed by atoms with Gasteiger partial charge in [-0.3, -0.25) is 14.6 Å². The number of aliphatic hydroxyl groups excluding tert-OH is 1. The summed E-state index contributed by atoms with van der Waals surface area (Å²) in [6.07, 6.45) is -1.06. The zero-order valence-electron chi connectivity index (χ0n) is 14.2. The lowest BCUT2D eigenvalue weighted by Crippen LogP contribution is -2.40. The second kappa shape index (κ2) is 7.53. The molecule has 2 aromatic carbocycles. The van der Waals surface area contributed by atoms with E-state index in [1.165, 1.54) is 29.2 Å². The van der Waals surface area contributed by atoms with Crippen molar-refractivity contribution in [3.63, 3.8) is 0 Å². The molecule has 7 heteroatoms. The van der Waals surface area contributed by atoms with E-state index in [1.807, 2.05) is 6.07 Å². The lowest BCUT2D eigenvalue weighted by Gasteiger charge is -2.20. The Bertz CT molecular complexity index is 782. The summed E-state index contributed by atoms with van der Waals surface area (Å²) in [6.45, 7) is 1.35. The first-order valence-electron chi connectivity index (χ1n) is 8.23. The number of carbonyl (C=O) groups excluding carboxylic acids is 2. The minimum Gasteiger partial charge on any atom is -0.491 e. The number of halogens is 1. The Balaban J connectivity index is 1.62. The SMILES string of the molecule is CC1C(=O)N(CC(O)COc2ccc(F)cc2)C(=O)N1c1ccccc1. The number of β-amino-alcohol motifs (C(OH)–C–C–N with tert-alkyl or cyclic N) is 1. The summed E-state index contributed by atoms with van der Waals surface area (Å²) >= 11 is 0. The fourth-order valence-electron chi connectivity index (χ4n) is 2.80. The van der Waals surface area contributed by atoms with Gasteiger partial charge in [-0.15, -0.1) is 0 Å². The van der Waals surface area contributed by atoms with Crippen molar-refractivity contribution in [2.24, 2.45) is 0 Å². The van der Waals surface area contributed by atoms with Gasteiger partial charge in [-0.05, 0) is 43.3 Å². The van der Waals surface area contributed by atoms with Crippen molar-refractivity contribution < 1.29 is 23.8 Å². The highest BCUT2D eigenvalue weighted by Gasteiger charge is 2.43. The Labute approximate surface area is 150 Å². The second-order valence-electron chi connectivity index (χ2n) is 6.03. The van der Waals surface area contributed by atoms with E-state index in [1.54, 1.807) is 31.2 Å². The number of carbonyl (C=O) groups is 2. The van der Waals surface area contributed by atoms with Gasteiger partial charge in [0, 0.05) is 5.69 Å². The smallest absolute Gasteiger partial charge is 0.332 e. The molecule has 0 spiro atoms. The van der Waals surface area contributed by atoms with Crippen LogP contribution in [0.3, 0.4) is 0 Å². The summed E-state index contributed by atoms with van der Waals surface area (Å²) in [5, 5.41) is 10.1. The molecule has 3 amide bonds. The molecule has 0 aromatic heterocycles. The van der Waals surface area contributed by atoms with Gasteiger partial charge < -0.3 is 9.84 Å². The molecule has 2 unspecified atom stereocenters. The summed E-state index contributed by atoms with van der Waals surface area (Å²) < 4.78 is 18.2. The first-order valence-corrected chi connectivity index (χ1v) is 8.23. The van der Waals surface area contributed by atoms with E-state index in [0.717, 1.165) is 4.90 Å². The van der Waals surface area contributed by atoms with Crippen LogP contribution in [0.15, 0.2) is 54.6 Å². The summed E-state index contributed by atoms with van der Waals surface area (Å²) in [7, 11) is 0. The Hall–Kier alpha value is -2.93. The van der Waals surface area contributed by atoms with Gasteiger partial charge >= 0.3 is 6.03 Å². The molecule has 136 valence electrons. The molecule has 3 rings (SSSR count). The Morgan fingerprint density at radius 3 is 2.42 bits per heavy atom. The lowest BCUT2D eigenvalue weighted by atomic mass is 10.2. The third-order valence-electron chi connectivity index (χ3n) is 4.13. The molecule has 1 aliphatic rings. The van der Waals surface area contributed by atoms with Gasteiger partial charge in [0.1, 0.15) is 30.3 Å². The molecule has 0 bridgehead atoms. The minimum absolute atomic E-state index is 0.123. The molecule has 1 heterocycles. The van der Waals surface area contributed by atoms with Crippen LogP contribution in [0.2, 0.25) is 0 Å². The normalized spacial score (nSPS) is 18.3. The second-order valence-corrected chi connectivity index (χ2v) is 6.03. The highest BCUT2D eigenvalue weighted by molar-refractivity contribution is 6.14. The maximum absolute atomic E-state index is 12.9. The average molecular weight is 358 g/mol. The zero-order valence-corrected chi connectivity index (χ0v) is 14.2. The number of anilines is 1. The number of para-hydroxylation sites is 1. The third kappa shape index (κ3) is 3.67. The topological polar surface area (TPSA) is 70.1 Å².